The van der Waals surface area contributed by atoms with Crippen molar-refractivity contribution in [3.63, 3.8) is 0 Å². The molecule has 8 saturated carbocycles. The largest absolute Gasteiger partial charge is 0.497 e. The Hall–Kier alpha value is -2.25. The molecule has 0 amide bonds. The van der Waals surface area contributed by atoms with Crippen molar-refractivity contribution in [2.75, 3.05) is 33.0 Å². The Morgan fingerprint density at radius 2 is 1.49 bits per heavy atom. The van der Waals surface area contributed by atoms with Crippen molar-refractivity contribution in [2.24, 2.45) is 57.7 Å². The molecule has 2 aliphatic heterocycles. The van der Waals surface area contributed by atoms with Gasteiger partial charge in [0.2, 0.25) is 0 Å². The molecular formula is C38H48F2O10S. The number of ether oxygens (including phenoxy) is 6. The predicted molar refractivity (Wildman–Crippen MR) is 176 cm³/mol. The molecule has 0 aromatic heterocycles. The first-order chi connectivity index (χ1) is 24.2. The number of esters is 3. The highest BCUT2D eigenvalue weighted by molar-refractivity contribution is 7.82. The van der Waals surface area contributed by atoms with Crippen LogP contribution in [0, 0.1) is 57.7 Å². The Morgan fingerprint density at radius 1 is 0.863 bits per heavy atom. The quantitative estimate of drug-likeness (QED) is 0.183. The van der Waals surface area contributed by atoms with Crippen molar-refractivity contribution in [1.29, 1.82) is 0 Å². The molecule has 280 valence electrons. The highest BCUT2D eigenvalue weighted by Crippen LogP contribution is 2.64. The van der Waals surface area contributed by atoms with E-state index in [1.165, 1.54) is 0 Å². The number of alkyl halides is 2. The van der Waals surface area contributed by atoms with Gasteiger partial charge in [-0.3, -0.25) is 14.4 Å². The number of hydrogen-bond acceptors (Lipinski definition) is 11. The fourth-order valence-electron chi connectivity index (χ4n) is 12.4. The number of Topliss-reactive ketones (excluding diaryl/α,β-unsaturated/α-hetero) is 1. The number of thiol groups is 1. The van der Waals surface area contributed by atoms with E-state index in [1.54, 1.807) is 0 Å². The molecule has 2 saturated heterocycles. The van der Waals surface area contributed by atoms with Gasteiger partial charge in [-0.25, -0.2) is 4.79 Å². The van der Waals surface area contributed by atoms with Gasteiger partial charge >= 0.3 is 23.2 Å². The lowest BCUT2D eigenvalue weighted by Crippen LogP contribution is -2.69. The van der Waals surface area contributed by atoms with Crippen molar-refractivity contribution in [3.8, 4) is 0 Å². The van der Waals surface area contributed by atoms with E-state index in [0.717, 1.165) is 37.9 Å². The minimum Gasteiger partial charge on any atom is -0.497 e. The zero-order valence-corrected chi connectivity index (χ0v) is 30.0. The average Bonchev–Trinajstić information content (AvgIpc) is 3.07. The minimum absolute atomic E-state index is 0.0649. The number of carbonyl (C=O) groups is 4. The summed E-state index contributed by atoms with van der Waals surface area (Å²) in [6.07, 6.45) is 10.1. The van der Waals surface area contributed by atoms with Gasteiger partial charge in [-0.05, 0) is 101 Å². The number of hydrogen-bond donors (Lipinski definition) is 1. The minimum atomic E-state index is -3.88. The van der Waals surface area contributed by atoms with Crippen LogP contribution < -0.4 is 0 Å². The van der Waals surface area contributed by atoms with Gasteiger partial charge in [0.15, 0.2) is 5.79 Å². The molecule has 51 heavy (non-hydrogen) atoms. The maximum Gasteiger partial charge on any atom is 0.388 e. The third-order valence-corrected chi connectivity index (χ3v) is 15.0. The van der Waals surface area contributed by atoms with Gasteiger partial charge in [0.25, 0.3) is 0 Å². The van der Waals surface area contributed by atoms with Crippen molar-refractivity contribution in [1.82, 2.24) is 0 Å². The van der Waals surface area contributed by atoms with Crippen molar-refractivity contribution < 1.29 is 56.4 Å². The van der Waals surface area contributed by atoms with E-state index in [4.69, 9.17) is 28.4 Å². The van der Waals surface area contributed by atoms with Gasteiger partial charge in [0.05, 0.1) is 47.7 Å². The summed E-state index contributed by atoms with van der Waals surface area (Å²) in [5, 5.41) is -3.88. The van der Waals surface area contributed by atoms with Gasteiger partial charge in [-0.15, -0.1) is 0 Å². The number of halogens is 2. The summed E-state index contributed by atoms with van der Waals surface area (Å²) in [4.78, 5) is 53.0. The lowest BCUT2D eigenvalue weighted by molar-refractivity contribution is -0.397. The monoisotopic (exact) mass is 734 g/mol. The van der Waals surface area contributed by atoms with Gasteiger partial charge in [-0.2, -0.15) is 8.78 Å². The molecule has 10 nitrogen and oxygen atoms in total. The number of allylic oxidation sites excluding steroid dienone is 1. The summed E-state index contributed by atoms with van der Waals surface area (Å²) >= 11 is 3.15. The molecule has 0 N–H and O–H groups in total. The molecule has 0 aromatic carbocycles. The van der Waals surface area contributed by atoms with E-state index in [9.17, 15) is 28.0 Å². The van der Waals surface area contributed by atoms with Gasteiger partial charge in [0, 0.05) is 23.7 Å². The number of fused-ring (bicyclic) bond motifs is 1. The van der Waals surface area contributed by atoms with Crippen molar-refractivity contribution in [3.05, 3.63) is 11.8 Å². The summed E-state index contributed by atoms with van der Waals surface area (Å²) in [6, 6.07) is 0. The van der Waals surface area contributed by atoms with E-state index in [-0.39, 0.29) is 73.9 Å². The van der Waals surface area contributed by atoms with E-state index < -0.39 is 38.9 Å². The second-order valence-electron chi connectivity index (χ2n) is 18.1. The Kier molecular flexibility index (Phi) is 7.87. The third kappa shape index (κ3) is 5.42. The predicted octanol–water partition coefficient (Wildman–Crippen LogP) is 5.56. The maximum absolute atomic E-state index is 14.0. The average molecular weight is 735 g/mol. The SMILES string of the molecule is CCC1(C(=O)OCC2(COC(=O)C34CC5CC(C3)C(=O)C(C5)C4)COC3(OC2)C2CC4CC3CC(OC(=O)C(F)(F)S)(C4)C2)CC=C2OCC2C1. The summed E-state index contributed by atoms with van der Waals surface area (Å²) in [6.45, 7) is 2.67. The van der Waals surface area contributed by atoms with Crippen LogP contribution in [0.3, 0.4) is 0 Å². The fraction of sp³-hybridized carbons (Fsp3) is 0.842. The first-order valence-electron chi connectivity index (χ1n) is 19.0. The van der Waals surface area contributed by atoms with Crippen LogP contribution in [0.25, 0.3) is 0 Å². The van der Waals surface area contributed by atoms with Gasteiger partial charge in [-0.1, -0.05) is 19.6 Å². The van der Waals surface area contributed by atoms with Gasteiger partial charge in [0.1, 0.15) is 24.6 Å². The summed E-state index contributed by atoms with van der Waals surface area (Å²) < 4.78 is 64.5. The van der Waals surface area contributed by atoms with Crippen LogP contribution in [-0.4, -0.2) is 73.4 Å². The van der Waals surface area contributed by atoms with Gasteiger partial charge < -0.3 is 28.4 Å². The topological polar surface area (TPSA) is 124 Å². The van der Waals surface area contributed by atoms with Crippen molar-refractivity contribution >= 4 is 36.3 Å². The van der Waals surface area contributed by atoms with Crippen LogP contribution in [-0.2, 0) is 47.6 Å². The molecule has 2 heterocycles. The molecule has 9 aliphatic carbocycles. The Bertz CT molecular complexity index is 1510. The summed E-state index contributed by atoms with van der Waals surface area (Å²) in [5.41, 5.74) is -3.33. The van der Waals surface area contributed by atoms with Crippen LogP contribution in [0.1, 0.15) is 90.4 Å². The molecule has 1 spiro atoms. The Labute approximate surface area is 301 Å². The lowest BCUT2D eigenvalue weighted by atomic mass is 9.49. The molecule has 0 radical (unpaired) electrons. The zero-order valence-electron chi connectivity index (χ0n) is 29.1. The summed E-state index contributed by atoms with van der Waals surface area (Å²) in [7, 11) is 0. The van der Waals surface area contributed by atoms with Crippen LogP contribution in [0.15, 0.2) is 11.8 Å². The number of carbonyl (C=O) groups excluding carboxylic acids is 4. The van der Waals surface area contributed by atoms with E-state index >= 15 is 0 Å². The lowest BCUT2D eigenvalue weighted by Gasteiger charge is -2.65. The zero-order chi connectivity index (χ0) is 35.6. The van der Waals surface area contributed by atoms with Crippen LogP contribution >= 0.6 is 12.6 Å². The highest BCUT2D eigenvalue weighted by Gasteiger charge is 2.68. The third-order valence-electron chi connectivity index (χ3n) is 14.8. The first-order valence-corrected chi connectivity index (χ1v) is 19.5. The van der Waals surface area contributed by atoms with E-state index in [0.29, 0.717) is 69.7 Å². The Morgan fingerprint density at radius 3 is 2.06 bits per heavy atom. The molecule has 13 heteroatoms. The maximum atomic E-state index is 14.0. The number of ketones is 1. The highest BCUT2D eigenvalue weighted by atomic mass is 32.1. The molecular weight excluding hydrogens is 686 g/mol. The van der Waals surface area contributed by atoms with Crippen LogP contribution in [0.2, 0.25) is 0 Å². The second kappa shape index (κ2) is 11.6. The van der Waals surface area contributed by atoms with Crippen molar-refractivity contribution in [2.45, 2.75) is 107 Å². The number of rotatable bonds is 9. The Balaban J connectivity index is 0.928. The van der Waals surface area contributed by atoms with Crippen LogP contribution in [0.5, 0.6) is 0 Å². The fourth-order valence-corrected chi connectivity index (χ4v) is 12.5. The summed E-state index contributed by atoms with van der Waals surface area (Å²) in [5.74, 6) is -1.72. The molecule has 0 aromatic rings. The molecule has 6 atom stereocenters. The standard InChI is InChI=1S/C38H48F2O10S/c1-2-34(4-3-28-25(13-34)16-45-28)30(42)46-17-33(18-47-31(43)35-9-21-5-23(11-35)29(41)24(6-21)12-35)19-48-37(49-20-33)26-7-22-8-27(37)15-36(10-22,14-26)50-32(44)38(39,40)51/h3,21-27,51H,2,4-20H2,1H3. The second-order valence-corrected chi connectivity index (χ2v) is 18.7. The molecule has 11 rings (SSSR count). The smallest absolute Gasteiger partial charge is 0.388 e. The molecule has 8 bridgehead atoms. The molecule has 11 aliphatic rings. The van der Waals surface area contributed by atoms with Crippen LogP contribution in [0.4, 0.5) is 8.78 Å². The molecule has 10 fully saturated rings. The van der Waals surface area contributed by atoms with E-state index in [2.05, 4.69) is 12.6 Å². The normalized spacial score (nSPS) is 47.3. The van der Waals surface area contributed by atoms with E-state index in [1.807, 2.05) is 13.0 Å². The molecule has 6 unspecified atom stereocenters. The first kappa shape index (κ1) is 34.5.